The summed E-state index contributed by atoms with van der Waals surface area (Å²) >= 11 is 4.63. The van der Waals surface area contributed by atoms with E-state index in [-0.39, 0.29) is 11.6 Å². The van der Waals surface area contributed by atoms with Gasteiger partial charge in [-0.05, 0) is 0 Å². The van der Waals surface area contributed by atoms with Gasteiger partial charge in [-0.2, -0.15) is 26.3 Å². The molecule has 0 N–H and O–H groups in total. The summed E-state index contributed by atoms with van der Waals surface area (Å²) in [6.07, 6.45) is -10.8. The second-order valence-corrected chi connectivity index (χ2v) is 2.13. The molecule has 0 rings (SSSR count). The average Bonchev–Trinajstić information content (AvgIpc) is 1.77. The number of allylic oxidation sites excluding steroid dienone is 1. The molecule has 0 aliphatic rings. The highest BCUT2D eigenvalue weighted by atomic mass is 35.5. The Morgan fingerprint density at radius 2 is 1.25 bits per heavy atom. The zero-order chi connectivity index (χ0) is 9.99. The van der Waals surface area contributed by atoms with E-state index in [1.54, 1.807) is 0 Å². The van der Waals surface area contributed by atoms with E-state index >= 15 is 0 Å². The number of halogens is 7. The zero-order valence-electron chi connectivity index (χ0n) is 5.38. The first-order valence-corrected chi connectivity index (χ1v) is 3.03. The van der Waals surface area contributed by atoms with Gasteiger partial charge in [0.05, 0.1) is 0 Å². The Bertz CT molecular complexity index is 152. The van der Waals surface area contributed by atoms with Gasteiger partial charge < -0.3 is 0 Å². The molecule has 0 fully saturated rings. The highest BCUT2D eigenvalue weighted by molar-refractivity contribution is 6.25. The fraction of sp³-hybridized carbons (Fsp3) is 0.600. The molecule has 0 heterocycles. The van der Waals surface area contributed by atoms with Crippen LogP contribution >= 0.6 is 11.6 Å². The van der Waals surface area contributed by atoms with Crippen LogP contribution in [0.3, 0.4) is 0 Å². The van der Waals surface area contributed by atoms with Crippen LogP contribution in [0.15, 0.2) is 11.6 Å². The molecule has 0 aliphatic heterocycles. The van der Waals surface area contributed by atoms with Gasteiger partial charge in [0.1, 0.15) is 0 Å². The second kappa shape index (κ2) is 3.55. The molecule has 0 aromatic heterocycles. The van der Waals surface area contributed by atoms with Crippen LogP contribution in [0.5, 0.6) is 0 Å². The van der Waals surface area contributed by atoms with Crippen molar-refractivity contribution in [3.63, 3.8) is 0 Å². The van der Waals surface area contributed by atoms with Crippen LogP contribution in [-0.4, -0.2) is 12.4 Å². The van der Waals surface area contributed by atoms with Crippen LogP contribution in [0.1, 0.15) is 0 Å². The molecule has 0 aliphatic carbocycles. The first-order chi connectivity index (χ1) is 5.19. The molecule has 0 radical (unpaired) electrons. The number of rotatable bonds is 1. The molecule has 0 spiro atoms. The Morgan fingerprint density at radius 1 is 0.917 bits per heavy atom. The number of hydrogen-bond acceptors (Lipinski definition) is 0. The van der Waals surface area contributed by atoms with Crippen LogP contribution in [0, 0.1) is 5.92 Å². The van der Waals surface area contributed by atoms with E-state index in [1.165, 1.54) is 0 Å². The van der Waals surface area contributed by atoms with Crippen molar-refractivity contribution < 1.29 is 26.3 Å². The third-order valence-electron chi connectivity index (χ3n) is 0.970. The quantitative estimate of drug-likeness (QED) is 0.584. The first kappa shape index (κ1) is 11.6. The molecule has 0 unspecified atom stereocenters. The molecule has 0 aromatic rings. The minimum absolute atomic E-state index is 0.151. The van der Waals surface area contributed by atoms with E-state index in [4.69, 9.17) is 0 Å². The summed E-state index contributed by atoms with van der Waals surface area (Å²) in [5, 5.41) is 0. The average molecular weight is 213 g/mol. The van der Waals surface area contributed by atoms with E-state index in [9.17, 15) is 26.3 Å². The SMILES string of the molecule is FC(F)(F)C(C=CCl)C(F)(F)F. The van der Waals surface area contributed by atoms with Crippen molar-refractivity contribution in [2.24, 2.45) is 5.92 Å². The van der Waals surface area contributed by atoms with Crippen LogP contribution in [0.4, 0.5) is 26.3 Å². The predicted octanol–water partition coefficient (Wildman–Crippen LogP) is 3.48. The Labute approximate surface area is 68.8 Å². The molecular weight excluding hydrogens is 209 g/mol. The van der Waals surface area contributed by atoms with E-state index < -0.39 is 18.3 Å². The number of hydrogen-bond donors (Lipinski definition) is 0. The summed E-state index contributed by atoms with van der Waals surface area (Å²) in [6.45, 7) is 0. The Morgan fingerprint density at radius 3 is 1.33 bits per heavy atom. The minimum atomic E-state index is -5.34. The maximum atomic E-state index is 11.6. The molecule has 0 saturated heterocycles. The summed E-state index contributed by atoms with van der Waals surface area (Å²) in [5.74, 6) is -3.48. The predicted molar refractivity (Wildman–Crippen MR) is 30.6 cm³/mol. The smallest absolute Gasteiger partial charge is 0.170 e. The Balaban J connectivity index is 4.69. The van der Waals surface area contributed by atoms with Crippen LogP contribution in [0.25, 0.3) is 0 Å². The van der Waals surface area contributed by atoms with Crippen molar-refractivity contribution >= 4 is 11.6 Å². The molecule has 72 valence electrons. The van der Waals surface area contributed by atoms with Gasteiger partial charge in [-0.3, -0.25) is 0 Å². The van der Waals surface area contributed by atoms with Gasteiger partial charge in [0, 0.05) is 5.54 Å². The maximum Gasteiger partial charge on any atom is 0.403 e. The minimum Gasteiger partial charge on any atom is -0.170 e. The topological polar surface area (TPSA) is 0 Å². The lowest BCUT2D eigenvalue weighted by atomic mass is 10.1. The number of alkyl halides is 6. The van der Waals surface area contributed by atoms with Gasteiger partial charge in [-0.25, -0.2) is 0 Å². The largest absolute Gasteiger partial charge is 0.403 e. The van der Waals surface area contributed by atoms with E-state index in [0.29, 0.717) is 0 Å². The van der Waals surface area contributed by atoms with Crippen molar-refractivity contribution in [1.82, 2.24) is 0 Å². The standard InChI is InChI=1S/C5H3ClF6/c6-2-1-3(4(7,8)9)5(10,11)12/h1-3H. The van der Waals surface area contributed by atoms with Crippen molar-refractivity contribution in [2.75, 3.05) is 0 Å². The lowest BCUT2D eigenvalue weighted by Crippen LogP contribution is -2.34. The molecule has 0 bridgehead atoms. The van der Waals surface area contributed by atoms with Crippen LogP contribution in [-0.2, 0) is 0 Å². The zero-order valence-corrected chi connectivity index (χ0v) is 6.13. The third kappa shape index (κ3) is 3.34. The fourth-order valence-corrected chi connectivity index (χ4v) is 0.622. The molecule has 0 atom stereocenters. The van der Waals surface area contributed by atoms with E-state index in [0.717, 1.165) is 0 Å². The Hall–Kier alpha value is -0.390. The van der Waals surface area contributed by atoms with Crippen molar-refractivity contribution in [1.29, 1.82) is 0 Å². The molecule has 0 amide bonds. The summed E-state index contributed by atoms with van der Waals surface area (Å²) in [5.41, 5.74) is 0.200. The molecule has 0 aromatic carbocycles. The van der Waals surface area contributed by atoms with Crippen molar-refractivity contribution in [2.45, 2.75) is 12.4 Å². The van der Waals surface area contributed by atoms with E-state index in [1.807, 2.05) is 0 Å². The molecule has 0 saturated carbocycles. The van der Waals surface area contributed by atoms with Crippen molar-refractivity contribution in [3.05, 3.63) is 11.6 Å². The van der Waals surface area contributed by atoms with Gasteiger partial charge in [0.15, 0.2) is 5.92 Å². The molecule has 12 heavy (non-hydrogen) atoms. The highest BCUT2D eigenvalue weighted by Crippen LogP contribution is 2.39. The second-order valence-electron chi connectivity index (χ2n) is 1.88. The highest BCUT2D eigenvalue weighted by Gasteiger charge is 2.54. The summed E-state index contributed by atoms with van der Waals surface area (Å²) in [7, 11) is 0. The van der Waals surface area contributed by atoms with Gasteiger partial charge in [-0.15, -0.1) is 0 Å². The van der Waals surface area contributed by atoms with Crippen LogP contribution in [0.2, 0.25) is 0 Å². The lowest BCUT2D eigenvalue weighted by molar-refractivity contribution is -0.267. The third-order valence-corrected chi connectivity index (χ3v) is 1.12. The molecular formula is C5H3ClF6. The van der Waals surface area contributed by atoms with Gasteiger partial charge in [-0.1, -0.05) is 17.7 Å². The Kier molecular flexibility index (Phi) is 3.44. The fourth-order valence-electron chi connectivity index (χ4n) is 0.477. The lowest BCUT2D eigenvalue weighted by Gasteiger charge is -2.19. The van der Waals surface area contributed by atoms with Crippen molar-refractivity contribution in [3.8, 4) is 0 Å². The molecule has 0 nitrogen and oxygen atoms in total. The summed E-state index contributed by atoms with van der Waals surface area (Å²) in [6, 6.07) is 0. The maximum absolute atomic E-state index is 11.6. The first-order valence-electron chi connectivity index (χ1n) is 2.60. The molecule has 7 heteroatoms. The normalized spacial score (nSPS) is 14.7. The summed E-state index contributed by atoms with van der Waals surface area (Å²) in [4.78, 5) is 0. The summed E-state index contributed by atoms with van der Waals surface area (Å²) < 4.78 is 69.4. The monoisotopic (exact) mass is 212 g/mol. The van der Waals surface area contributed by atoms with Gasteiger partial charge in [0.25, 0.3) is 0 Å². The van der Waals surface area contributed by atoms with Gasteiger partial charge >= 0.3 is 12.4 Å². The van der Waals surface area contributed by atoms with Crippen LogP contribution < -0.4 is 0 Å². The van der Waals surface area contributed by atoms with Gasteiger partial charge in [0.2, 0.25) is 0 Å². The van der Waals surface area contributed by atoms with E-state index in [2.05, 4.69) is 11.6 Å².